The second-order valence-corrected chi connectivity index (χ2v) is 5.38. The molecule has 0 saturated carbocycles. The van der Waals surface area contributed by atoms with Gasteiger partial charge in [0.2, 0.25) is 0 Å². The fourth-order valence-electron chi connectivity index (χ4n) is 1.88. The molecule has 0 aliphatic carbocycles. The minimum Gasteiger partial charge on any atom is -0.383 e. The van der Waals surface area contributed by atoms with Crippen LogP contribution in [0.5, 0.6) is 0 Å². The summed E-state index contributed by atoms with van der Waals surface area (Å²) in [5.74, 6) is 0. The number of nitrogens with one attached hydrogen (secondary N) is 1. The summed E-state index contributed by atoms with van der Waals surface area (Å²) in [4.78, 5) is 2.19. The van der Waals surface area contributed by atoms with Crippen LogP contribution < -0.4 is 5.32 Å². The van der Waals surface area contributed by atoms with E-state index in [0.29, 0.717) is 12.6 Å². The molecule has 0 saturated heterocycles. The monoisotopic (exact) mass is 318 g/mol. The van der Waals surface area contributed by atoms with Gasteiger partial charge in [-0.05, 0) is 50.0 Å². The highest BCUT2D eigenvalue weighted by Gasteiger charge is 2.18. The SMILES string of the molecule is CNC(CCN(C)C)c1c(Br)cnn1CCOC. The lowest BCUT2D eigenvalue weighted by Crippen LogP contribution is -2.26. The van der Waals surface area contributed by atoms with Gasteiger partial charge < -0.3 is 15.0 Å². The van der Waals surface area contributed by atoms with Crippen molar-refractivity contribution in [3.05, 3.63) is 16.4 Å². The minimum atomic E-state index is 0.293. The Bertz CT molecular complexity index is 354. The van der Waals surface area contributed by atoms with Crippen LogP contribution in [0.15, 0.2) is 10.7 Å². The van der Waals surface area contributed by atoms with Crippen LogP contribution in [0, 0.1) is 0 Å². The highest BCUT2D eigenvalue weighted by Crippen LogP contribution is 2.25. The molecule has 1 heterocycles. The van der Waals surface area contributed by atoms with E-state index in [1.54, 1.807) is 7.11 Å². The van der Waals surface area contributed by atoms with Crippen molar-refractivity contribution in [2.45, 2.75) is 19.0 Å². The maximum atomic E-state index is 5.12. The molecule has 0 fully saturated rings. The molecule has 0 bridgehead atoms. The van der Waals surface area contributed by atoms with Crippen LogP contribution >= 0.6 is 15.9 Å². The highest BCUT2D eigenvalue weighted by molar-refractivity contribution is 9.10. The Morgan fingerprint density at radius 1 is 1.56 bits per heavy atom. The molecule has 1 unspecified atom stereocenters. The van der Waals surface area contributed by atoms with Crippen molar-refractivity contribution < 1.29 is 4.74 Å². The molecule has 1 aromatic heterocycles. The van der Waals surface area contributed by atoms with E-state index < -0.39 is 0 Å². The summed E-state index contributed by atoms with van der Waals surface area (Å²) in [5.41, 5.74) is 1.19. The molecule has 0 amide bonds. The van der Waals surface area contributed by atoms with E-state index in [1.165, 1.54) is 5.69 Å². The normalized spacial score (nSPS) is 13.2. The highest BCUT2D eigenvalue weighted by atomic mass is 79.9. The van der Waals surface area contributed by atoms with Crippen LogP contribution in [0.3, 0.4) is 0 Å². The van der Waals surface area contributed by atoms with E-state index in [0.717, 1.165) is 24.0 Å². The van der Waals surface area contributed by atoms with Crippen molar-refractivity contribution in [2.24, 2.45) is 0 Å². The molecule has 6 heteroatoms. The number of hydrogen-bond acceptors (Lipinski definition) is 4. The maximum absolute atomic E-state index is 5.12. The molecule has 5 nitrogen and oxygen atoms in total. The molecule has 0 aliphatic rings. The maximum Gasteiger partial charge on any atom is 0.0697 e. The summed E-state index contributed by atoms with van der Waals surface area (Å²) in [6.07, 6.45) is 2.89. The van der Waals surface area contributed by atoms with Crippen LogP contribution in [-0.4, -0.2) is 56.1 Å². The van der Waals surface area contributed by atoms with E-state index >= 15 is 0 Å². The lowest BCUT2D eigenvalue weighted by molar-refractivity contribution is 0.181. The molecular weight excluding hydrogens is 296 g/mol. The van der Waals surface area contributed by atoms with Gasteiger partial charge in [0.05, 0.1) is 35.6 Å². The summed E-state index contributed by atoms with van der Waals surface area (Å²) in [6.45, 7) is 2.48. The Morgan fingerprint density at radius 2 is 2.28 bits per heavy atom. The summed E-state index contributed by atoms with van der Waals surface area (Å²) >= 11 is 3.58. The molecule has 1 rings (SSSR count). The van der Waals surface area contributed by atoms with Crippen molar-refractivity contribution in [2.75, 3.05) is 41.4 Å². The summed E-state index contributed by atoms with van der Waals surface area (Å²) in [7, 11) is 7.87. The average Bonchev–Trinajstić information content (AvgIpc) is 2.69. The zero-order valence-electron chi connectivity index (χ0n) is 11.6. The third kappa shape index (κ3) is 4.35. The first-order valence-corrected chi connectivity index (χ1v) is 6.91. The smallest absolute Gasteiger partial charge is 0.0697 e. The Balaban J connectivity index is 2.79. The van der Waals surface area contributed by atoms with Gasteiger partial charge in [-0.15, -0.1) is 0 Å². The predicted molar refractivity (Wildman–Crippen MR) is 76.8 cm³/mol. The molecule has 0 radical (unpaired) electrons. The first kappa shape index (κ1) is 15.6. The second kappa shape index (κ2) is 7.89. The Hall–Kier alpha value is -0.430. The van der Waals surface area contributed by atoms with Gasteiger partial charge in [-0.3, -0.25) is 4.68 Å². The predicted octanol–water partition coefficient (Wildman–Crippen LogP) is 1.50. The number of nitrogens with zero attached hydrogens (tertiary/aromatic N) is 3. The van der Waals surface area contributed by atoms with Gasteiger partial charge in [0, 0.05) is 7.11 Å². The first-order chi connectivity index (χ1) is 8.60. The van der Waals surface area contributed by atoms with E-state index in [1.807, 2.05) is 17.9 Å². The lowest BCUT2D eigenvalue weighted by atomic mass is 10.1. The standard InChI is InChI=1S/C12H23BrN4O/c1-14-11(5-6-16(2)3)12-10(13)9-15-17(12)7-8-18-4/h9,11,14H,5-8H2,1-4H3. The van der Waals surface area contributed by atoms with Crippen LogP contribution in [0.2, 0.25) is 0 Å². The molecule has 18 heavy (non-hydrogen) atoms. The van der Waals surface area contributed by atoms with Crippen molar-refractivity contribution in [3.8, 4) is 0 Å². The van der Waals surface area contributed by atoms with Crippen molar-refractivity contribution in [1.29, 1.82) is 0 Å². The minimum absolute atomic E-state index is 0.293. The van der Waals surface area contributed by atoms with Gasteiger partial charge >= 0.3 is 0 Å². The van der Waals surface area contributed by atoms with E-state index in [-0.39, 0.29) is 0 Å². The molecule has 1 aromatic rings. The van der Waals surface area contributed by atoms with Crippen LogP contribution in [0.4, 0.5) is 0 Å². The number of rotatable bonds is 8. The van der Waals surface area contributed by atoms with Crippen molar-refractivity contribution >= 4 is 15.9 Å². The zero-order valence-corrected chi connectivity index (χ0v) is 13.2. The van der Waals surface area contributed by atoms with Gasteiger partial charge in [-0.1, -0.05) is 0 Å². The first-order valence-electron chi connectivity index (χ1n) is 6.12. The van der Waals surface area contributed by atoms with E-state index in [4.69, 9.17) is 4.74 Å². The molecule has 0 aliphatic heterocycles. The lowest BCUT2D eigenvalue weighted by Gasteiger charge is -2.20. The third-order valence-electron chi connectivity index (χ3n) is 2.88. The molecular formula is C12H23BrN4O. The fourth-order valence-corrected chi connectivity index (χ4v) is 2.45. The number of aromatic nitrogens is 2. The van der Waals surface area contributed by atoms with Gasteiger partial charge in [-0.25, -0.2) is 0 Å². The Labute approximate surface area is 118 Å². The summed E-state index contributed by atoms with van der Waals surface area (Å²) < 4.78 is 8.17. The molecule has 0 spiro atoms. The van der Waals surface area contributed by atoms with Crippen molar-refractivity contribution in [3.63, 3.8) is 0 Å². The quantitative estimate of drug-likeness (QED) is 0.789. The van der Waals surface area contributed by atoms with Crippen LogP contribution in [-0.2, 0) is 11.3 Å². The van der Waals surface area contributed by atoms with Crippen LogP contribution in [0.25, 0.3) is 0 Å². The zero-order chi connectivity index (χ0) is 13.5. The topological polar surface area (TPSA) is 42.3 Å². The molecule has 104 valence electrons. The Morgan fingerprint density at radius 3 is 2.83 bits per heavy atom. The van der Waals surface area contributed by atoms with E-state index in [9.17, 15) is 0 Å². The number of halogens is 1. The average molecular weight is 319 g/mol. The molecule has 1 N–H and O–H groups in total. The largest absolute Gasteiger partial charge is 0.383 e. The third-order valence-corrected chi connectivity index (χ3v) is 3.49. The number of ether oxygens (including phenoxy) is 1. The number of hydrogen-bond donors (Lipinski definition) is 1. The van der Waals surface area contributed by atoms with Gasteiger partial charge in [0.1, 0.15) is 0 Å². The van der Waals surface area contributed by atoms with Gasteiger partial charge in [-0.2, -0.15) is 5.10 Å². The summed E-state index contributed by atoms with van der Waals surface area (Å²) in [5, 5.41) is 7.74. The van der Waals surface area contributed by atoms with Gasteiger partial charge in [0.25, 0.3) is 0 Å². The summed E-state index contributed by atoms with van der Waals surface area (Å²) in [6, 6.07) is 0.293. The van der Waals surface area contributed by atoms with Crippen LogP contribution in [0.1, 0.15) is 18.2 Å². The van der Waals surface area contributed by atoms with Gasteiger partial charge in [0.15, 0.2) is 0 Å². The molecule has 0 aromatic carbocycles. The Kier molecular flexibility index (Phi) is 6.85. The van der Waals surface area contributed by atoms with Crippen molar-refractivity contribution in [1.82, 2.24) is 20.0 Å². The fraction of sp³-hybridized carbons (Fsp3) is 0.750. The number of methoxy groups -OCH3 is 1. The second-order valence-electron chi connectivity index (χ2n) is 4.53. The van der Waals surface area contributed by atoms with E-state index in [2.05, 4.69) is 45.3 Å². The molecule has 1 atom stereocenters.